The summed E-state index contributed by atoms with van der Waals surface area (Å²) in [6, 6.07) is 5.82. The standard InChI is InChI=1S/C8H6BrIN2/c9-7-1-6(4-12)8(10)2-5(7)3-11/h1-2H,3,11H2. The van der Waals surface area contributed by atoms with Crippen molar-refractivity contribution in [2.24, 2.45) is 5.73 Å². The first-order chi connectivity index (χ1) is 5.69. The van der Waals surface area contributed by atoms with Crippen molar-refractivity contribution in [3.05, 3.63) is 31.3 Å². The van der Waals surface area contributed by atoms with E-state index in [4.69, 9.17) is 11.0 Å². The highest BCUT2D eigenvalue weighted by Gasteiger charge is 2.04. The van der Waals surface area contributed by atoms with E-state index in [0.29, 0.717) is 12.1 Å². The number of rotatable bonds is 1. The molecular weight excluding hydrogens is 331 g/mol. The van der Waals surface area contributed by atoms with Gasteiger partial charge in [0.05, 0.1) is 5.56 Å². The molecule has 2 nitrogen and oxygen atoms in total. The van der Waals surface area contributed by atoms with Gasteiger partial charge in [-0.2, -0.15) is 5.26 Å². The van der Waals surface area contributed by atoms with Crippen molar-refractivity contribution in [1.29, 1.82) is 5.26 Å². The number of nitriles is 1. The zero-order chi connectivity index (χ0) is 9.14. The van der Waals surface area contributed by atoms with Gasteiger partial charge in [0.15, 0.2) is 0 Å². The lowest BCUT2D eigenvalue weighted by atomic mass is 10.1. The fourth-order valence-corrected chi connectivity index (χ4v) is 1.99. The van der Waals surface area contributed by atoms with E-state index in [9.17, 15) is 0 Å². The van der Waals surface area contributed by atoms with Crippen molar-refractivity contribution < 1.29 is 0 Å². The largest absolute Gasteiger partial charge is 0.326 e. The Hall–Kier alpha value is -0.120. The SMILES string of the molecule is N#Cc1cc(Br)c(CN)cc1I. The average Bonchev–Trinajstić information content (AvgIpc) is 2.08. The molecule has 0 aliphatic carbocycles. The molecule has 12 heavy (non-hydrogen) atoms. The highest BCUT2D eigenvalue weighted by atomic mass is 127. The zero-order valence-electron chi connectivity index (χ0n) is 6.14. The third kappa shape index (κ3) is 1.97. The van der Waals surface area contributed by atoms with Crippen molar-refractivity contribution in [3.63, 3.8) is 0 Å². The Balaban J connectivity index is 3.28. The lowest BCUT2D eigenvalue weighted by Crippen LogP contribution is -1.98. The first-order valence-corrected chi connectivity index (χ1v) is 5.14. The molecule has 0 amide bonds. The molecule has 0 saturated heterocycles. The van der Waals surface area contributed by atoms with Gasteiger partial charge < -0.3 is 5.73 Å². The quantitative estimate of drug-likeness (QED) is 0.800. The number of nitrogens with zero attached hydrogens (tertiary/aromatic N) is 1. The van der Waals surface area contributed by atoms with Crippen LogP contribution in [-0.4, -0.2) is 0 Å². The Morgan fingerprint density at radius 2 is 2.25 bits per heavy atom. The van der Waals surface area contributed by atoms with Gasteiger partial charge in [-0.1, -0.05) is 15.9 Å². The van der Waals surface area contributed by atoms with Gasteiger partial charge in [-0.25, -0.2) is 0 Å². The van der Waals surface area contributed by atoms with Crippen LogP contribution >= 0.6 is 38.5 Å². The number of hydrogen-bond donors (Lipinski definition) is 1. The first-order valence-electron chi connectivity index (χ1n) is 3.27. The van der Waals surface area contributed by atoms with Crippen molar-refractivity contribution in [1.82, 2.24) is 0 Å². The zero-order valence-corrected chi connectivity index (χ0v) is 9.89. The number of nitrogens with two attached hydrogens (primary N) is 1. The predicted octanol–water partition coefficient (Wildman–Crippen LogP) is 2.38. The normalized spacial score (nSPS) is 9.50. The second kappa shape index (κ2) is 4.21. The third-order valence-electron chi connectivity index (χ3n) is 1.48. The smallest absolute Gasteiger partial charge is 0.100 e. The summed E-state index contributed by atoms with van der Waals surface area (Å²) < 4.78 is 1.85. The maximum absolute atomic E-state index is 8.70. The van der Waals surface area contributed by atoms with Crippen LogP contribution in [0, 0.1) is 14.9 Å². The van der Waals surface area contributed by atoms with Crippen LogP contribution in [0.15, 0.2) is 16.6 Å². The van der Waals surface area contributed by atoms with Crippen molar-refractivity contribution >= 4 is 38.5 Å². The third-order valence-corrected chi connectivity index (χ3v) is 3.11. The van der Waals surface area contributed by atoms with E-state index >= 15 is 0 Å². The summed E-state index contributed by atoms with van der Waals surface area (Å²) in [5.41, 5.74) is 7.20. The predicted molar refractivity (Wildman–Crippen MR) is 59.5 cm³/mol. The highest BCUT2D eigenvalue weighted by Crippen LogP contribution is 2.22. The summed E-state index contributed by atoms with van der Waals surface area (Å²) in [5, 5.41) is 8.70. The van der Waals surface area contributed by atoms with E-state index in [1.165, 1.54) is 0 Å². The Kier molecular flexibility index (Phi) is 3.50. The molecule has 1 aromatic carbocycles. The van der Waals surface area contributed by atoms with E-state index in [1.807, 2.05) is 6.07 Å². The van der Waals surface area contributed by atoms with Gasteiger partial charge in [-0.05, 0) is 40.3 Å². The lowest BCUT2D eigenvalue weighted by Gasteiger charge is -2.02. The van der Waals surface area contributed by atoms with Gasteiger partial charge in [-0.15, -0.1) is 0 Å². The Morgan fingerprint density at radius 3 is 2.75 bits per heavy atom. The molecule has 0 aliphatic rings. The van der Waals surface area contributed by atoms with E-state index in [-0.39, 0.29) is 0 Å². The molecule has 0 unspecified atom stereocenters. The maximum Gasteiger partial charge on any atom is 0.100 e. The van der Waals surface area contributed by atoms with Gasteiger partial charge in [0.1, 0.15) is 6.07 Å². The van der Waals surface area contributed by atoms with Crippen LogP contribution in [0.25, 0.3) is 0 Å². The van der Waals surface area contributed by atoms with E-state index in [0.717, 1.165) is 13.6 Å². The van der Waals surface area contributed by atoms with Crippen LogP contribution in [-0.2, 0) is 6.54 Å². The summed E-state index contributed by atoms with van der Waals surface area (Å²) in [5.74, 6) is 0. The lowest BCUT2D eigenvalue weighted by molar-refractivity contribution is 1.06. The molecule has 0 atom stereocenters. The molecule has 62 valence electrons. The molecule has 2 N–H and O–H groups in total. The summed E-state index contributed by atoms with van der Waals surface area (Å²) in [4.78, 5) is 0. The number of halogens is 2. The van der Waals surface area contributed by atoms with Crippen molar-refractivity contribution in [3.8, 4) is 6.07 Å². The van der Waals surface area contributed by atoms with Crippen molar-refractivity contribution in [2.75, 3.05) is 0 Å². The maximum atomic E-state index is 8.70. The monoisotopic (exact) mass is 336 g/mol. The molecule has 0 radical (unpaired) electrons. The Labute approximate surface area is 93.0 Å². The van der Waals surface area contributed by atoms with Crippen LogP contribution in [0.5, 0.6) is 0 Å². The molecule has 0 aromatic heterocycles. The fourth-order valence-electron chi connectivity index (χ4n) is 0.830. The molecule has 0 spiro atoms. The van der Waals surface area contributed by atoms with Crippen LogP contribution in [0.2, 0.25) is 0 Å². The van der Waals surface area contributed by atoms with Crippen LogP contribution < -0.4 is 5.73 Å². The minimum Gasteiger partial charge on any atom is -0.326 e. The topological polar surface area (TPSA) is 49.8 Å². The van der Waals surface area contributed by atoms with Gasteiger partial charge in [0.25, 0.3) is 0 Å². The summed E-state index contributed by atoms with van der Waals surface area (Å²) in [7, 11) is 0. The van der Waals surface area contributed by atoms with E-state index in [2.05, 4.69) is 44.6 Å². The van der Waals surface area contributed by atoms with Crippen LogP contribution in [0.3, 0.4) is 0 Å². The van der Waals surface area contributed by atoms with Gasteiger partial charge >= 0.3 is 0 Å². The Bertz CT molecular complexity index is 343. The summed E-state index contributed by atoms with van der Waals surface area (Å²) in [6.07, 6.45) is 0. The highest BCUT2D eigenvalue weighted by molar-refractivity contribution is 14.1. The van der Waals surface area contributed by atoms with Crippen LogP contribution in [0.1, 0.15) is 11.1 Å². The van der Waals surface area contributed by atoms with Gasteiger partial charge in [0, 0.05) is 14.6 Å². The minimum absolute atomic E-state index is 0.488. The molecule has 4 heteroatoms. The molecule has 0 saturated carbocycles. The molecule has 0 bridgehead atoms. The molecule has 1 aromatic rings. The Morgan fingerprint density at radius 1 is 1.58 bits per heavy atom. The van der Waals surface area contributed by atoms with E-state index in [1.54, 1.807) is 6.07 Å². The fraction of sp³-hybridized carbons (Fsp3) is 0.125. The summed E-state index contributed by atoms with van der Waals surface area (Å²) in [6.45, 7) is 0.488. The second-order valence-electron chi connectivity index (χ2n) is 2.24. The van der Waals surface area contributed by atoms with Gasteiger partial charge in [0.2, 0.25) is 0 Å². The molecule has 0 aliphatic heterocycles. The number of benzene rings is 1. The van der Waals surface area contributed by atoms with E-state index < -0.39 is 0 Å². The van der Waals surface area contributed by atoms with Gasteiger partial charge in [-0.3, -0.25) is 0 Å². The van der Waals surface area contributed by atoms with Crippen molar-refractivity contribution in [2.45, 2.75) is 6.54 Å². The number of hydrogen-bond acceptors (Lipinski definition) is 2. The average molecular weight is 337 g/mol. The first kappa shape index (κ1) is 9.96. The summed E-state index contributed by atoms with van der Waals surface area (Å²) >= 11 is 5.47. The second-order valence-corrected chi connectivity index (χ2v) is 4.26. The molecule has 0 heterocycles. The molecular formula is C8H6BrIN2. The minimum atomic E-state index is 0.488. The van der Waals surface area contributed by atoms with Crippen LogP contribution in [0.4, 0.5) is 0 Å². The molecule has 0 fully saturated rings. The molecule has 1 rings (SSSR count).